The number of rotatable bonds is 11. The summed E-state index contributed by atoms with van der Waals surface area (Å²) >= 11 is 0.690. The van der Waals surface area contributed by atoms with Crippen LogP contribution in [0.2, 0.25) is 0 Å². The number of aromatic nitrogens is 3. The van der Waals surface area contributed by atoms with E-state index in [1.54, 1.807) is 0 Å². The SMILES string of the molecule is CC(=O)Nc1nc(OCCCOC(C)=O)c2sc(=O)n([C@@H]3O[C@H](COC(C)=O)[C@@H](OC(C)=O)[C@H]3OC(C)=O)c2n1. The highest BCUT2D eigenvalue weighted by molar-refractivity contribution is 7.16. The van der Waals surface area contributed by atoms with Crippen molar-refractivity contribution >= 4 is 57.4 Å². The minimum Gasteiger partial charge on any atom is -0.476 e. The van der Waals surface area contributed by atoms with Crippen molar-refractivity contribution in [2.75, 3.05) is 25.1 Å². The van der Waals surface area contributed by atoms with Crippen LogP contribution in [0.3, 0.4) is 0 Å². The van der Waals surface area contributed by atoms with Crippen LogP contribution < -0.4 is 14.9 Å². The molecule has 0 radical (unpaired) electrons. The van der Waals surface area contributed by atoms with Crippen molar-refractivity contribution in [3.63, 3.8) is 0 Å². The summed E-state index contributed by atoms with van der Waals surface area (Å²) in [5, 5.41) is 2.43. The Kier molecular flexibility index (Phi) is 10.1. The maximum Gasteiger partial charge on any atom is 0.311 e. The van der Waals surface area contributed by atoms with Crippen LogP contribution in [0.15, 0.2) is 4.79 Å². The molecule has 0 saturated carbocycles. The smallest absolute Gasteiger partial charge is 0.311 e. The van der Waals surface area contributed by atoms with Crippen LogP contribution in [0.1, 0.15) is 47.3 Å². The lowest BCUT2D eigenvalue weighted by Crippen LogP contribution is -2.41. The average Bonchev–Trinajstić information content (AvgIpc) is 3.32. The van der Waals surface area contributed by atoms with E-state index in [4.69, 9.17) is 28.4 Å². The Morgan fingerprint density at radius 2 is 1.55 bits per heavy atom. The predicted molar refractivity (Wildman–Crippen MR) is 134 cm³/mol. The first-order valence-corrected chi connectivity index (χ1v) is 12.8. The van der Waals surface area contributed by atoms with Crippen molar-refractivity contribution in [2.45, 2.75) is 65.6 Å². The summed E-state index contributed by atoms with van der Waals surface area (Å²) in [5.74, 6) is -3.34. The Bertz CT molecular complexity index is 1360. The molecule has 1 aliphatic rings. The Balaban J connectivity index is 2.08. The van der Waals surface area contributed by atoms with Gasteiger partial charge in [-0.2, -0.15) is 9.97 Å². The first-order valence-electron chi connectivity index (χ1n) is 12.0. The molecule has 1 aliphatic heterocycles. The fraction of sp³-hybridized carbons (Fsp3) is 0.565. The van der Waals surface area contributed by atoms with Gasteiger partial charge in [0.2, 0.25) is 17.7 Å². The standard InChI is InChI=1S/C23H28N4O12S/c1-10(28)24-22-25-19-18(20(26-22)35-8-6-7-34-11(2)29)40-23(33)27(19)21-17(38-14(5)32)16(37-13(4)31)15(39-21)9-36-12(3)30/h15-17,21H,6-9H2,1-5H3,(H,24,25,26,28)/t15-,16-,17-,21-/m1/s1. The largest absolute Gasteiger partial charge is 0.476 e. The lowest BCUT2D eigenvalue weighted by molar-refractivity contribution is -0.166. The summed E-state index contributed by atoms with van der Waals surface area (Å²) in [4.78, 5) is 79.1. The second-order valence-corrected chi connectivity index (χ2v) is 9.44. The molecular formula is C23H28N4O12S. The number of hydrogen-bond donors (Lipinski definition) is 1. The van der Waals surface area contributed by atoms with Crippen molar-refractivity contribution in [1.29, 1.82) is 0 Å². The average molecular weight is 585 g/mol. The normalized spacial score (nSPS) is 20.0. The molecule has 218 valence electrons. The number of anilines is 1. The topological polar surface area (TPSA) is 201 Å². The van der Waals surface area contributed by atoms with Gasteiger partial charge >= 0.3 is 28.8 Å². The van der Waals surface area contributed by atoms with Crippen molar-refractivity contribution in [3.8, 4) is 5.88 Å². The van der Waals surface area contributed by atoms with E-state index in [0.29, 0.717) is 17.8 Å². The zero-order valence-electron chi connectivity index (χ0n) is 22.3. The van der Waals surface area contributed by atoms with Gasteiger partial charge in [-0.05, 0) is 0 Å². The molecule has 0 aliphatic carbocycles. The Hall–Kier alpha value is -4.12. The van der Waals surface area contributed by atoms with Crippen LogP contribution in [0, 0.1) is 0 Å². The summed E-state index contributed by atoms with van der Waals surface area (Å²) in [7, 11) is 0. The summed E-state index contributed by atoms with van der Waals surface area (Å²) in [6, 6.07) is 0. The third-order valence-electron chi connectivity index (χ3n) is 5.15. The molecule has 0 unspecified atom stereocenters. The molecule has 17 heteroatoms. The number of hydrogen-bond acceptors (Lipinski definition) is 15. The number of carbonyl (C=O) groups excluding carboxylic acids is 5. The van der Waals surface area contributed by atoms with Gasteiger partial charge in [-0.3, -0.25) is 38.7 Å². The molecule has 0 spiro atoms. The van der Waals surface area contributed by atoms with E-state index in [0.717, 1.165) is 18.4 Å². The van der Waals surface area contributed by atoms with Gasteiger partial charge < -0.3 is 28.4 Å². The van der Waals surface area contributed by atoms with Crippen LogP contribution >= 0.6 is 11.3 Å². The van der Waals surface area contributed by atoms with Crippen LogP contribution in [0.25, 0.3) is 10.3 Å². The maximum absolute atomic E-state index is 13.3. The highest BCUT2D eigenvalue weighted by atomic mass is 32.1. The molecule has 0 bridgehead atoms. The highest BCUT2D eigenvalue weighted by Crippen LogP contribution is 2.37. The van der Waals surface area contributed by atoms with Gasteiger partial charge in [0.25, 0.3) is 0 Å². The van der Waals surface area contributed by atoms with Crippen LogP contribution in [-0.4, -0.2) is 82.5 Å². The zero-order valence-corrected chi connectivity index (χ0v) is 23.1. The maximum atomic E-state index is 13.3. The second kappa shape index (κ2) is 13.3. The van der Waals surface area contributed by atoms with Gasteiger partial charge in [0.15, 0.2) is 24.1 Å². The Labute approximate surface area is 230 Å². The molecule has 1 fully saturated rings. The number of nitrogens with zero attached hydrogens (tertiary/aromatic N) is 3. The number of fused-ring (bicyclic) bond motifs is 1. The van der Waals surface area contributed by atoms with Gasteiger partial charge in [0.05, 0.1) is 13.2 Å². The summed E-state index contributed by atoms with van der Waals surface area (Å²) in [6.07, 6.45) is -4.78. The molecule has 2 aromatic rings. The number of carbonyl (C=O) groups is 5. The highest BCUT2D eigenvalue weighted by Gasteiger charge is 2.51. The van der Waals surface area contributed by atoms with Crippen LogP contribution in [0.4, 0.5) is 5.95 Å². The lowest BCUT2D eigenvalue weighted by atomic mass is 10.1. The molecule has 16 nitrogen and oxygen atoms in total. The number of amides is 1. The zero-order chi connectivity index (χ0) is 29.6. The molecule has 3 heterocycles. The molecule has 2 aromatic heterocycles. The summed E-state index contributed by atoms with van der Waals surface area (Å²) in [6.45, 7) is 5.67. The fourth-order valence-electron chi connectivity index (χ4n) is 3.77. The Morgan fingerprint density at radius 3 is 2.15 bits per heavy atom. The van der Waals surface area contributed by atoms with Gasteiger partial charge in [0, 0.05) is 41.0 Å². The van der Waals surface area contributed by atoms with E-state index in [2.05, 4.69) is 15.3 Å². The first kappa shape index (κ1) is 30.4. The van der Waals surface area contributed by atoms with E-state index < -0.39 is 59.2 Å². The van der Waals surface area contributed by atoms with Crippen molar-refractivity contribution in [3.05, 3.63) is 9.67 Å². The third kappa shape index (κ3) is 7.72. The number of nitrogens with one attached hydrogen (secondary N) is 1. The predicted octanol–water partition coefficient (Wildman–Crippen LogP) is 0.467. The van der Waals surface area contributed by atoms with Crippen molar-refractivity contribution in [2.24, 2.45) is 0 Å². The van der Waals surface area contributed by atoms with E-state index in [-0.39, 0.29) is 42.0 Å². The van der Waals surface area contributed by atoms with E-state index in [1.165, 1.54) is 20.8 Å². The number of ether oxygens (including phenoxy) is 6. The minimum atomic E-state index is -1.38. The molecule has 1 amide bonds. The van der Waals surface area contributed by atoms with E-state index >= 15 is 0 Å². The molecule has 1 N–H and O–H groups in total. The van der Waals surface area contributed by atoms with Crippen LogP contribution in [0.5, 0.6) is 5.88 Å². The monoisotopic (exact) mass is 584 g/mol. The van der Waals surface area contributed by atoms with Crippen LogP contribution in [-0.2, 0) is 47.7 Å². The van der Waals surface area contributed by atoms with Gasteiger partial charge in [-0.1, -0.05) is 11.3 Å². The van der Waals surface area contributed by atoms with Crippen molar-refractivity contribution < 1.29 is 52.4 Å². The Morgan fingerprint density at radius 1 is 0.900 bits per heavy atom. The first-order chi connectivity index (χ1) is 18.9. The molecule has 0 aromatic carbocycles. The molecule has 4 atom stereocenters. The summed E-state index contributed by atoms with van der Waals surface area (Å²) in [5.41, 5.74) is -0.0411. The van der Waals surface area contributed by atoms with E-state index in [9.17, 15) is 28.8 Å². The molecule has 3 rings (SSSR count). The van der Waals surface area contributed by atoms with Gasteiger partial charge in [-0.25, -0.2) is 0 Å². The van der Waals surface area contributed by atoms with Gasteiger partial charge in [0.1, 0.15) is 17.4 Å². The van der Waals surface area contributed by atoms with E-state index in [1.807, 2.05) is 0 Å². The second-order valence-electron chi connectivity index (χ2n) is 8.48. The fourth-order valence-corrected chi connectivity index (χ4v) is 4.66. The minimum absolute atomic E-state index is 0.0411. The molecule has 40 heavy (non-hydrogen) atoms. The number of esters is 4. The summed E-state index contributed by atoms with van der Waals surface area (Å²) < 4.78 is 33.6. The lowest BCUT2D eigenvalue weighted by Gasteiger charge is -2.23. The number of thiazole rings is 1. The third-order valence-corrected chi connectivity index (χ3v) is 6.08. The molecular weight excluding hydrogens is 556 g/mol. The van der Waals surface area contributed by atoms with Gasteiger partial charge in [-0.15, -0.1) is 0 Å². The molecule has 1 saturated heterocycles. The van der Waals surface area contributed by atoms with Crippen molar-refractivity contribution in [1.82, 2.24) is 14.5 Å². The quantitative estimate of drug-likeness (QED) is 0.217.